The lowest BCUT2D eigenvalue weighted by molar-refractivity contribution is 0.0737. The zero-order valence-corrected chi connectivity index (χ0v) is 18.6. The standard InChI is InChI=1S/C23H20BrF2N3O3/c24-16-6-5-15(20(25)9-16)8-18-19(21(30)13-32-12-14-3-4-14)11-29(23(31)22(18)26)10-17-2-1-7-27-28-17/h1-2,5-7,9,11,14H,3-4,8,10,12-13H2. The van der Waals surface area contributed by atoms with Gasteiger partial charge >= 0.3 is 0 Å². The lowest BCUT2D eigenvalue weighted by Crippen LogP contribution is -2.29. The van der Waals surface area contributed by atoms with Crippen LogP contribution in [0.5, 0.6) is 0 Å². The summed E-state index contributed by atoms with van der Waals surface area (Å²) in [4.78, 5) is 25.6. The van der Waals surface area contributed by atoms with Crippen molar-refractivity contribution in [3.63, 3.8) is 0 Å². The third-order valence-corrected chi connectivity index (χ3v) is 5.74. The van der Waals surface area contributed by atoms with E-state index < -0.39 is 23.0 Å². The van der Waals surface area contributed by atoms with Crippen molar-refractivity contribution < 1.29 is 18.3 Å². The Morgan fingerprint density at radius 2 is 2.06 bits per heavy atom. The number of nitrogens with zero attached hydrogens (tertiary/aromatic N) is 3. The van der Waals surface area contributed by atoms with Crippen LogP contribution < -0.4 is 5.56 Å². The zero-order valence-electron chi connectivity index (χ0n) is 17.1. The molecule has 0 aliphatic heterocycles. The number of hydrogen-bond acceptors (Lipinski definition) is 5. The highest BCUT2D eigenvalue weighted by Crippen LogP contribution is 2.29. The van der Waals surface area contributed by atoms with Gasteiger partial charge < -0.3 is 9.30 Å². The fourth-order valence-corrected chi connectivity index (χ4v) is 3.66. The summed E-state index contributed by atoms with van der Waals surface area (Å²) in [5.41, 5.74) is -0.468. The van der Waals surface area contributed by atoms with Gasteiger partial charge in [-0.25, -0.2) is 8.78 Å². The summed E-state index contributed by atoms with van der Waals surface area (Å²) >= 11 is 3.18. The van der Waals surface area contributed by atoms with Crippen molar-refractivity contribution in [2.24, 2.45) is 5.92 Å². The second-order valence-electron chi connectivity index (χ2n) is 7.78. The molecule has 2 aromatic heterocycles. The van der Waals surface area contributed by atoms with Crippen LogP contribution in [-0.2, 0) is 17.7 Å². The molecule has 0 bridgehead atoms. The molecule has 2 heterocycles. The van der Waals surface area contributed by atoms with Crippen LogP contribution in [0.2, 0.25) is 0 Å². The van der Waals surface area contributed by atoms with Crippen LogP contribution in [0.25, 0.3) is 0 Å². The first-order valence-corrected chi connectivity index (χ1v) is 10.9. The average molecular weight is 504 g/mol. The monoisotopic (exact) mass is 503 g/mol. The van der Waals surface area contributed by atoms with Gasteiger partial charge in [-0.1, -0.05) is 22.0 Å². The second-order valence-corrected chi connectivity index (χ2v) is 8.69. The number of carbonyl (C=O) groups excluding carboxylic acids is 1. The van der Waals surface area contributed by atoms with Crippen molar-refractivity contribution >= 4 is 21.7 Å². The Morgan fingerprint density at radius 1 is 1.25 bits per heavy atom. The highest BCUT2D eigenvalue weighted by molar-refractivity contribution is 9.10. The van der Waals surface area contributed by atoms with E-state index in [-0.39, 0.29) is 36.3 Å². The largest absolute Gasteiger partial charge is 0.373 e. The highest BCUT2D eigenvalue weighted by Gasteiger charge is 2.24. The Bertz CT molecular complexity index is 1200. The van der Waals surface area contributed by atoms with E-state index in [4.69, 9.17) is 4.74 Å². The molecule has 0 radical (unpaired) electrons. The quantitative estimate of drug-likeness (QED) is 0.413. The van der Waals surface area contributed by atoms with E-state index in [1.807, 2.05) is 0 Å². The minimum Gasteiger partial charge on any atom is -0.373 e. The predicted octanol–water partition coefficient (Wildman–Crippen LogP) is 3.93. The molecule has 3 aromatic rings. The fourth-order valence-electron chi connectivity index (χ4n) is 3.32. The van der Waals surface area contributed by atoms with Crippen molar-refractivity contribution in [1.29, 1.82) is 0 Å². The predicted molar refractivity (Wildman–Crippen MR) is 117 cm³/mol. The third kappa shape index (κ3) is 5.34. The summed E-state index contributed by atoms with van der Waals surface area (Å²) in [5.74, 6) is -1.67. The first kappa shape index (κ1) is 22.4. The summed E-state index contributed by atoms with van der Waals surface area (Å²) in [6, 6.07) is 7.64. The Labute approximate surface area is 191 Å². The van der Waals surface area contributed by atoms with E-state index in [0.717, 1.165) is 17.4 Å². The number of rotatable bonds is 9. The molecule has 0 atom stereocenters. The number of Topliss-reactive ketones (excluding diaryl/α,β-unsaturated/α-hetero) is 1. The SMILES string of the molecule is O=C(COCC1CC1)c1cn(Cc2cccnn2)c(=O)c(F)c1Cc1ccc(Br)cc1F. The number of pyridine rings is 1. The van der Waals surface area contributed by atoms with Gasteiger partial charge in [0.2, 0.25) is 0 Å². The molecule has 0 saturated heterocycles. The summed E-state index contributed by atoms with van der Waals surface area (Å²) in [6.07, 6.45) is 4.68. The molecule has 1 fully saturated rings. The Balaban J connectivity index is 1.70. The Hall–Kier alpha value is -2.78. The number of ether oxygens (including phenoxy) is 1. The summed E-state index contributed by atoms with van der Waals surface area (Å²) in [7, 11) is 0. The smallest absolute Gasteiger partial charge is 0.287 e. The molecule has 1 aromatic carbocycles. The van der Waals surface area contributed by atoms with Gasteiger partial charge in [0.15, 0.2) is 11.6 Å². The molecular weight excluding hydrogens is 484 g/mol. The number of aromatic nitrogens is 3. The van der Waals surface area contributed by atoms with E-state index in [9.17, 15) is 14.0 Å². The minimum absolute atomic E-state index is 0.0101. The average Bonchev–Trinajstić information content (AvgIpc) is 3.60. The van der Waals surface area contributed by atoms with Crippen LogP contribution in [-0.4, -0.2) is 33.8 Å². The number of carbonyl (C=O) groups is 1. The molecule has 1 aliphatic rings. The number of halogens is 3. The van der Waals surface area contributed by atoms with Gasteiger partial charge in [0.25, 0.3) is 5.56 Å². The van der Waals surface area contributed by atoms with E-state index in [0.29, 0.717) is 22.7 Å². The van der Waals surface area contributed by atoms with Crippen LogP contribution in [0.3, 0.4) is 0 Å². The summed E-state index contributed by atoms with van der Waals surface area (Å²) in [5, 5.41) is 7.66. The lowest BCUT2D eigenvalue weighted by Gasteiger charge is -2.15. The maximum Gasteiger partial charge on any atom is 0.287 e. The summed E-state index contributed by atoms with van der Waals surface area (Å²) < 4.78 is 36.7. The molecule has 0 unspecified atom stereocenters. The van der Waals surface area contributed by atoms with Crippen molar-refractivity contribution in [3.8, 4) is 0 Å². The molecular formula is C23H20BrF2N3O3. The maximum absolute atomic E-state index is 15.2. The van der Waals surface area contributed by atoms with Crippen molar-refractivity contribution in [2.75, 3.05) is 13.2 Å². The highest BCUT2D eigenvalue weighted by atomic mass is 79.9. The zero-order chi connectivity index (χ0) is 22.7. The van der Waals surface area contributed by atoms with Crippen molar-refractivity contribution in [3.05, 3.63) is 91.6 Å². The van der Waals surface area contributed by atoms with Crippen molar-refractivity contribution in [2.45, 2.75) is 25.8 Å². The molecule has 9 heteroatoms. The summed E-state index contributed by atoms with van der Waals surface area (Å²) in [6.45, 7) is 0.166. The first-order valence-electron chi connectivity index (χ1n) is 10.2. The normalized spacial score (nSPS) is 13.3. The molecule has 0 N–H and O–H groups in total. The van der Waals surface area contributed by atoms with Gasteiger partial charge in [-0.05, 0) is 48.6 Å². The van der Waals surface area contributed by atoms with E-state index >= 15 is 4.39 Å². The topological polar surface area (TPSA) is 74.1 Å². The van der Waals surface area contributed by atoms with Crippen LogP contribution in [0, 0.1) is 17.6 Å². The molecule has 1 aliphatic carbocycles. The van der Waals surface area contributed by atoms with E-state index in [1.165, 1.54) is 24.5 Å². The van der Waals surface area contributed by atoms with Crippen LogP contribution in [0.1, 0.15) is 40.0 Å². The maximum atomic E-state index is 15.2. The van der Waals surface area contributed by atoms with Crippen LogP contribution >= 0.6 is 15.9 Å². The Morgan fingerprint density at radius 3 is 2.75 bits per heavy atom. The van der Waals surface area contributed by atoms with Gasteiger partial charge in [0.1, 0.15) is 12.4 Å². The van der Waals surface area contributed by atoms with Crippen LogP contribution in [0.15, 0.2) is 52.0 Å². The minimum atomic E-state index is -1.09. The molecule has 6 nitrogen and oxygen atoms in total. The number of ketones is 1. The van der Waals surface area contributed by atoms with Crippen molar-refractivity contribution in [1.82, 2.24) is 14.8 Å². The number of benzene rings is 1. The number of hydrogen-bond donors (Lipinski definition) is 0. The second kappa shape index (κ2) is 9.79. The van der Waals surface area contributed by atoms with Gasteiger partial charge in [-0.15, -0.1) is 0 Å². The van der Waals surface area contributed by atoms with Gasteiger partial charge in [-0.2, -0.15) is 10.2 Å². The first-order chi connectivity index (χ1) is 15.4. The van der Waals surface area contributed by atoms with E-state index in [1.54, 1.807) is 18.2 Å². The van der Waals surface area contributed by atoms with Gasteiger partial charge in [0.05, 0.1) is 18.8 Å². The Kier molecular flexibility index (Phi) is 6.86. The van der Waals surface area contributed by atoms with E-state index in [2.05, 4.69) is 26.1 Å². The molecule has 1 saturated carbocycles. The molecule has 166 valence electrons. The fraction of sp³-hybridized carbons (Fsp3) is 0.304. The molecule has 32 heavy (non-hydrogen) atoms. The van der Waals surface area contributed by atoms with Gasteiger partial charge in [-0.3, -0.25) is 9.59 Å². The van der Waals surface area contributed by atoms with Gasteiger partial charge in [0, 0.05) is 34.4 Å². The molecule has 0 amide bonds. The molecule has 4 rings (SSSR count). The molecule has 0 spiro atoms. The third-order valence-electron chi connectivity index (χ3n) is 5.25. The lowest BCUT2D eigenvalue weighted by atomic mass is 9.98. The van der Waals surface area contributed by atoms with Crippen LogP contribution in [0.4, 0.5) is 8.78 Å².